The molecule has 7 nitrogen and oxygen atoms in total. The summed E-state index contributed by atoms with van der Waals surface area (Å²) in [4.78, 5) is 26.7. The van der Waals surface area contributed by atoms with Crippen LogP contribution in [0, 0.1) is 0 Å². The van der Waals surface area contributed by atoms with Crippen LogP contribution in [0.5, 0.6) is 0 Å². The molecule has 0 radical (unpaired) electrons. The number of amides is 2. The average molecular weight is 412 g/mol. The molecule has 0 aliphatic carbocycles. The van der Waals surface area contributed by atoms with Gasteiger partial charge >= 0.3 is 6.03 Å². The number of carbonyl (C=O) groups excluding carboxylic acids is 1. The van der Waals surface area contributed by atoms with Gasteiger partial charge in [0.05, 0.1) is 5.39 Å². The zero-order chi connectivity index (χ0) is 21.0. The minimum Gasteiger partial charge on any atom is -0.355 e. The Kier molecular flexibility index (Phi) is 5.22. The normalized spacial score (nSPS) is 16.3. The summed E-state index contributed by atoms with van der Waals surface area (Å²) < 4.78 is 0. The lowest BCUT2D eigenvalue weighted by atomic mass is 9.90. The summed E-state index contributed by atoms with van der Waals surface area (Å²) in [5.41, 5.74) is 3.64. The van der Waals surface area contributed by atoms with Crippen molar-refractivity contribution in [1.82, 2.24) is 15.0 Å². The van der Waals surface area contributed by atoms with Crippen LogP contribution in [0.15, 0.2) is 73.2 Å². The van der Waals surface area contributed by atoms with Gasteiger partial charge in [-0.15, -0.1) is 0 Å². The third-order valence-electron chi connectivity index (χ3n) is 5.70. The van der Waals surface area contributed by atoms with Gasteiger partial charge in [-0.1, -0.05) is 30.3 Å². The highest BCUT2D eigenvalue weighted by Gasteiger charge is 2.24. The largest absolute Gasteiger partial charge is 0.355 e. The number of piperidine rings is 1. The molecule has 0 bridgehead atoms. The smallest absolute Gasteiger partial charge is 0.323 e. The Bertz CT molecular complexity index is 1190. The Balaban J connectivity index is 1.30. The van der Waals surface area contributed by atoms with E-state index in [1.807, 2.05) is 54.7 Å². The number of hydrogen-bond acceptors (Lipinski definition) is 4. The van der Waals surface area contributed by atoms with E-state index in [9.17, 15) is 4.79 Å². The van der Waals surface area contributed by atoms with Crippen LogP contribution in [0.4, 0.5) is 22.0 Å². The summed E-state index contributed by atoms with van der Waals surface area (Å²) in [5, 5.41) is 6.85. The van der Waals surface area contributed by atoms with Gasteiger partial charge in [-0.25, -0.2) is 14.8 Å². The molecule has 3 heterocycles. The molecule has 3 N–H and O–H groups in total. The maximum absolute atomic E-state index is 12.4. The van der Waals surface area contributed by atoms with E-state index in [-0.39, 0.29) is 6.03 Å². The van der Waals surface area contributed by atoms with Crippen LogP contribution in [0.1, 0.15) is 24.3 Å². The molecule has 156 valence electrons. The van der Waals surface area contributed by atoms with E-state index in [0.29, 0.717) is 5.92 Å². The number of benzene rings is 2. The van der Waals surface area contributed by atoms with Crippen LogP contribution >= 0.6 is 0 Å². The fourth-order valence-corrected chi connectivity index (χ4v) is 4.24. The first-order chi connectivity index (χ1) is 15.3. The van der Waals surface area contributed by atoms with Crippen LogP contribution < -0.4 is 15.5 Å². The Morgan fingerprint density at radius 2 is 1.84 bits per heavy atom. The summed E-state index contributed by atoms with van der Waals surface area (Å²) in [6, 6.07) is 19.3. The van der Waals surface area contributed by atoms with Crippen LogP contribution in [-0.4, -0.2) is 34.1 Å². The Morgan fingerprint density at radius 1 is 1.00 bits per heavy atom. The SMILES string of the molecule is O=C(Nc1ccccc1)Nc1cccc([C@H]2CCCN(c3ncnc4[nH]ccc34)C2)c1. The van der Waals surface area contributed by atoms with Gasteiger partial charge in [-0.05, 0) is 48.7 Å². The number of fused-ring (bicyclic) bond motifs is 1. The fraction of sp³-hybridized carbons (Fsp3) is 0.208. The van der Waals surface area contributed by atoms with Crippen LogP contribution in [0.25, 0.3) is 11.0 Å². The van der Waals surface area contributed by atoms with E-state index in [4.69, 9.17) is 0 Å². The molecule has 2 aromatic carbocycles. The van der Waals surface area contributed by atoms with Gasteiger partial charge in [0, 0.05) is 36.6 Å². The number of H-pyrrole nitrogens is 1. The number of hydrogen-bond donors (Lipinski definition) is 3. The first kappa shape index (κ1) is 19.1. The molecule has 0 saturated carbocycles. The van der Waals surface area contributed by atoms with E-state index >= 15 is 0 Å². The molecule has 1 aliphatic heterocycles. The number of anilines is 3. The fourth-order valence-electron chi connectivity index (χ4n) is 4.24. The lowest BCUT2D eigenvalue weighted by molar-refractivity contribution is 0.262. The Morgan fingerprint density at radius 3 is 2.74 bits per heavy atom. The van der Waals surface area contributed by atoms with Crippen molar-refractivity contribution in [2.75, 3.05) is 28.6 Å². The van der Waals surface area contributed by atoms with Gasteiger partial charge in [0.15, 0.2) is 0 Å². The van der Waals surface area contributed by atoms with Gasteiger partial charge in [0.25, 0.3) is 0 Å². The third-order valence-corrected chi connectivity index (χ3v) is 5.70. The molecular formula is C24H24N6O. The number of aromatic nitrogens is 3. The lowest BCUT2D eigenvalue weighted by Crippen LogP contribution is -2.35. The highest BCUT2D eigenvalue weighted by Crippen LogP contribution is 2.32. The topological polar surface area (TPSA) is 85.9 Å². The molecule has 7 heteroatoms. The van der Waals surface area contributed by atoms with Crippen molar-refractivity contribution in [2.45, 2.75) is 18.8 Å². The highest BCUT2D eigenvalue weighted by atomic mass is 16.2. The molecular weight excluding hydrogens is 388 g/mol. The van der Waals surface area contributed by atoms with E-state index < -0.39 is 0 Å². The van der Waals surface area contributed by atoms with Crippen molar-refractivity contribution in [3.8, 4) is 0 Å². The van der Waals surface area contributed by atoms with Crippen molar-refractivity contribution < 1.29 is 4.79 Å². The van der Waals surface area contributed by atoms with Crippen molar-refractivity contribution in [2.24, 2.45) is 0 Å². The van der Waals surface area contributed by atoms with Gasteiger partial charge < -0.3 is 20.5 Å². The summed E-state index contributed by atoms with van der Waals surface area (Å²) in [7, 11) is 0. The van der Waals surface area contributed by atoms with E-state index in [2.05, 4.69) is 42.6 Å². The predicted octanol–water partition coefficient (Wildman–Crippen LogP) is 4.99. The second-order valence-electron chi connectivity index (χ2n) is 7.79. The Hall–Kier alpha value is -3.87. The van der Waals surface area contributed by atoms with Gasteiger partial charge in [-0.3, -0.25) is 0 Å². The number of aromatic amines is 1. The quantitative estimate of drug-likeness (QED) is 0.441. The second kappa shape index (κ2) is 8.47. The first-order valence-corrected chi connectivity index (χ1v) is 10.5. The van der Waals surface area contributed by atoms with Crippen LogP contribution in [0.3, 0.4) is 0 Å². The van der Waals surface area contributed by atoms with Gasteiger partial charge in [0.1, 0.15) is 17.8 Å². The molecule has 0 spiro atoms. The number of nitrogens with zero attached hydrogens (tertiary/aromatic N) is 3. The van der Waals surface area contributed by atoms with Gasteiger partial charge in [-0.2, -0.15) is 0 Å². The minimum atomic E-state index is -0.246. The maximum Gasteiger partial charge on any atom is 0.323 e. The van der Waals surface area contributed by atoms with Crippen LogP contribution in [-0.2, 0) is 0 Å². The minimum absolute atomic E-state index is 0.246. The molecule has 2 aromatic heterocycles. The second-order valence-corrected chi connectivity index (χ2v) is 7.79. The van der Waals surface area contributed by atoms with Crippen molar-refractivity contribution in [1.29, 1.82) is 0 Å². The molecule has 31 heavy (non-hydrogen) atoms. The van der Waals surface area contributed by atoms with Crippen molar-refractivity contribution in [3.05, 3.63) is 78.8 Å². The summed E-state index contributed by atoms with van der Waals surface area (Å²) in [6.45, 7) is 1.86. The molecule has 4 aromatic rings. The first-order valence-electron chi connectivity index (χ1n) is 10.5. The summed E-state index contributed by atoms with van der Waals surface area (Å²) in [5.74, 6) is 1.35. The van der Waals surface area contributed by atoms with Crippen molar-refractivity contribution >= 4 is 34.3 Å². The third kappa shape index (κ3) is 4.21. The van der Waals surface area contributed by atoms with Crippen LogP contribution in [0.2, 0.25) is 0 Å². The maximum atomic E-state index is 12.4. The molecule has 1 fully saturated rings. The standard InChI is InChI=1S/C24H24N6O/c31-24(28-19-8-2-1-3-9-19)29-20-10-4-6-17(14-20)18-7-5-13-30(15-18)23-21-11-12-25-22(21)26-16-27-23/h1-4,6,8-12,14,16,18H,5,7,13,15H2,(H,25,26,27)(H2,28,29,31)/t18-/m0/s1. The molecule has 0 unspecified atom stereocenters. The van der Waals surface area contributed by atoms with E-state index in [0.717, 1.165) is 54.2 Å². The molecule has 1 saturated heterocycles. The summed E-state index contributed by atoms with van der Waals surface area (Å²) in [6.07, 6.45) is 5.72. The zero-order valence-corrected chi connectivity index (χ0v) is 17.1. The van der Waals surface area contributed by atoms with Gasteiger partial charge in [0.2, 0.25) is 0 Å². The average Bonchev–Trinajstić information content (AvgIpc) is 3.29. The number of rotatable bonds is 4. The molecule has 1 aliphatic rings. The molecule has 2 amide bonds. The number of urea groups is 1. The number of nitrogens with one attached hydrogen (secondary N) is 3. The zero-order valence-electron chi connectivity index (χ0n) is 17.1. The van der Waals surface area contributed by atoms with E-state index in [1.54, 1.807) is 6.33 Å². The highest BCUT2D eigenvalue weighted by molar-refractivity contribution is 5.99. The lowest BCUT2D eigenvalue weighted by Gasteiger charge is -2.34. The molecule has 5 rings (SSSR count). The monoisotopic (exact) mass is 412 g/mol. The number of carbonyl (C=O) groups is 1. The number of para-hydroxylation sites is 1. The van der Waals surface area contributed by atoms with E-state index in [1.165, 1.54) is 5.56 Å². The Labute approximate surface area is 180 Å². The molecule has 1 atom stereocenters. The summed E-state index contributed by atoms with van der Waals surface area (Å²) >= 11 is 0. The predicted molar refractivity (Wildman–Crippen MR) is 124 cm³/mol. The van der Waals surface area contributed by atoms with Crippen molar-refractivity contribution in [3.63, 3.8) is 0 Å².